The second-order valence-corrected chi connectivity index (χ2v) is 9.58. The minimum Gasteiger partial charge on any atom is -0.466 e. The number of hydrogen-bond acceptors (Lipinski definition) is 8. The summed E-state index contributed by atoms with van der Waals surface area (Å²) >= 11 is 4.91. The van der Waals surface area contributed by atoms with E-state index in [9.17, 15) is 4.79 Å². The summed E-state index contributed by atoms with van der Waals surface area (Å²) in [7, 11) is 0. The number of carbonyl (C=O) groups excluding carboxylic acids is 1. The van der Waals surface area contributed by atoms with Gasteiger partial charge in [0.25, 0.3) is 0 Å². The number of nitrogens with zero attached hydrogens (tertiary/aromatic N) is 3. The summed E-state index contributed by atoms with van der Waals surface area (Å²) in [5, 5.41) is 4.09. The molecule has 1 aliphatic rings. The predicted molar refractivity (Wildman–Crippen MR) is 105 cm³/mol. The predicted octanol–water partition coefficient (Wildman–Crippen LogP) is 4.53. The summed E-state index contributed by atoms with van der Waals surface area (Å²) in [5.74, 6) is 0.504. The summed E-state index contributed by atoms with van der Waals surface area (Å²) in [6.07, 6.45) is 5.32. The Kier molecular flexibility index (Phi) is 5.24. The zero-order valence-electron chi connectivity index (χ0n) is 14.7. The molecule has 3 heterocycles. The van der Waals surface area contributed by atoms with E-state index in [1.165, 1.54) is 22.2 Å². The molecule has 1 aliphatic carbocycles. The van der Waals surface area contributed by atoms with Gasteiger partial charge in [0.15, 0.2) is 4.34 Å². The van der Waals surface area contributed by atoms with Crippen molar-refractivity contribution in [2.75, 3.05) is 6.61 Å². The molecule has 0 amide bonds. The van der Waals surface area contributed by atoms with Gasteiger partial charge in [-0.1, -0.05) is 6.92 Å². The van der Waals surface area contributed by atoms with Gasteiger partial charge in [-0.15, -0.1) is 22.7 Å². The highest BCUT2D eigenvalue weighted by Crippen LogP contribution is 2.42. The molecule has 0 fully saturated rings. The van der Waals surface area contributed by atoms with Crippen LogP contribution in [0.2, 0.25) is 0 Å². The van der Waals surface area contributed by atoms with Crippen LogP contribution in [0.5, 0.6) is 0 Å². The van der Waals surface area contributed by atoms with Crippen molar-refractivity contribution in [3.8, 4) is 0 Å². The van der Waals surface area contributed by atoms with Gasteiger partial charge >= 0.3 is 5.97 Å². The van der Waals surface area contributed by atoms with Crippen LogP contribution in [0.1, 0.15) is 36.4 Å². The lowest BCUT2D eigenvalue weighted by Crippen LogP contribution is -2.08. The molecule has 0 radical (unpaired) electrons. The first-order valence-corrected chi connectivity index (χ1v) is 11.2. The summed E-state index contributed by atoms with van der Waals surface area (Å²) < 4.78 is 5.89. The monoisotopic (exact) mass is 405 g/mol. The van der Waals surface area contributed by atoms with Crippen molar-refractivity contribution in [1.82, 2.24) is 15.0 Å². The van der Waals surface area contributed by atoms with Crippen molar-refractivity contribution in [2.45, 2.75) is 48.9 Å². The molecule has 0 saturated carbocycles. The van der Waals surface area contributed by atoms with E-state index in [-0.39, 0.29) is 12.4 Å². The van der Waals surface area contributed by atoms with Gasteiger partial charge in [0, 0.05) is 15.6 Å². The smallest absolute Gasteiger partial charge is 0.311 e. The number of aromatic nitrogens is 3. The average Bonchev–Trinajstić information content (AvgIpc) is 3.19. The second-order valence-electron chi connectivity index (χ2n) is 6.40. The highest BCUT2D eigenvalue weighted by Gasteiger charge is 2.23. The van der Waals surface area contributed by atoms with E-state index in [1.54, 1.807) is 40.8 Å². The molecule has 3 aromatic heterocycles. The van der Waals surface area contributed by atoms with Crippen molar-refractivity contribution < 1.29 is 9.53 Å². The number of fused-ring (bicyclic) bond motifs is 3. The van der Waals surface area contributed by atoms with E-state index in [0.717, 1.165) is 38.6 Å². The molecule has 0 saturated heterocycles. The molecule has 0 aromatic carbocycles. The first-order chi connectivity index (χ1) is 12.6. The van der Waals surface area contributed by atoms with E-state index in [2.05, 4.69) is 21.9 Å². The van der Waals surface area contributed by atoms with E-state index in [1.807, 2.05) is 12.3 Å². The molecule has 0 N–H and O–H groups in total. The Morgan fingerprint density at radius 3 is 3.15 bits per heavy atom. The third-order valence-electron chi connectivity index (χ3n) is 4.40. The van der Waals surface area contributed by atoms with Gasteiger partial charge in [-0.3, -0.25) is 4.79 Å². The van der Waals surface area contributed by atoms with E-state index >= 15 is 0 Å². The van der Waals surface area contributed by atoms with Crippen LogP contribution in [0.3, 0.4) is 0 Å². The zero-order chi connectivity index (χ0) is 18.1. The van der Waals surface area contributed by atoms with Gasteiger partial charge < -0.3 is 4.74 Å². The summed E-state index contributed by atoms with van der Waals surface area (Å²) in [5.41, 5.74) is 2.18. The number of aryl methyl sites for hydroxylation is 1. The number of ether oxygens (including phenoxy) is 1. The van der Waals surface area contributed by atoms with Gasteiger partial charge in [-0.2, -0.15) is 0 Å². The summed E-state index contributed by atoms with van der Waals surface area (Å²) in [6, 6.07) is 0. The molecule has 1 atom stereocenters. The number of rotatable bonds is 5. The molecule has 136 valence electrons. The molecule has 3 aromatic rings. The molecule has 0 spiro atoms. The maximum atomic E-state index is 11.6. The topological polar surface area (TPSA) is 65.0 Å². The van der Waals surface area contributed by atoms with Gasteiger partial charge in [-0.05, 0) is 49.4 Å². The van der Waals surface area contributed by atoms with Crippen LogP contribution in [0.4, 0.5) is 0 Å². The molecule has 26 heavy (non-hydrogen) atoms. The Balaban J connectivity index is 1.60. The first kappa shape index (κ1) is 17.9. The van der Waals surface area contributed by atoms with Crippen LogP contribution in [0.25, 0.3) is 10.2 Å². The third kappa shape index (κ3) is 3.63. The average molecular weight is 406 g/mol. The van der Waals surface area contributed by atoms with Gasteiger partial charge in [0.05, 0.1) is 18.7 Å². The van der Waals surface area contributed by atoms with Gasteiger partial charge in [0.2, 0.25) is 0 Å². The Labute approximate surface area is 164 Å². The molecular weight excluding hydrogens is 386 g/mol. The third-order valence-corrected chi connectivity index (χ3v) is 7.56. The maximum Gasteiger partial charge on any atom is 0.311 e. The number of thiophene rings is 1. The van der Waals surface area contributed by atoms with Crippen LogP contribution in [-0.2, 0) is 28.8 Å². The lowest BCUT2D eigenvalue weighted by Gasteiger charge is -2.17. The standard InChI is InChI=1S/C18H19N3O2S3/c1-3-23-14(22)7-11-8-24-18(21-11)26-17-15-12-5-4-10(2)6-13(12)25-16(15)19-9-20-17/h8-10H,3-7H2,1-2H3/t10-/m1/s1. The van der Waals surface area contributed by atoms with Crippen LogP contribution in [0, 0.1) is 5.92 Å². The normalized spacial score (nSPS) is 16.6. The number of hydrogen-bond donors (Lipinski definition) is 0. The van der Waals surface area contributed by atoms with Crippen LogP contribution in [0.15, 0.2) is 21.1 Å². The lowest BCUT2D eigenvalue weighted by molar-refractivity contribution is -0.142. The number of thiazole rings is 1. The van der Waals surface area contributed by atoms with Crippen molar-refractivity contribution >= 4 is 50.6 Å². The zero-order valence-corrected chi connectivity index (χ0v) is 17.1. The van der Waals surface area contributed by atoms with Crippen molar-refractivity contribution in [3.05, 3.63) is 27.8 Å². The molecule has 0 bridgehead atoms. The fourth-order valence-corrected chi connectivity index (χ4v) is 6.46. The van der Waals surface area contributed by atoms with Crippen LogP contribution < -0.4 is 0 Å². The fraction of sp³-hybridized carbons (Fsp3) is 0.444. The first-order valence-electron chi connectivity index (χ1n) is 8.67. The van der Waals surface area contributed by atoms with E-state index in [4.69, 9.17) is 4.74 Å². The highest BCUT2D eigenvalue weighted by molar-refractivity contribution is 8.01. The second kappa shape index (κ2) is 7.62. The molecule has 4 rings (SSSR count). The quantitative estimate of drug-likeness (QED) is 0.459. The summed E-state index contributed by atoms with van der Waals surface area (Å²) in [6.45, 7) is 4.52. The van der Waals surface area contributed by atoms with Gasteiger partial charge in [-0.25, -0.2) is 15.0 Å². The Bertz CT molecular complexity index is 950. The van der Waals surface area contributed by atoms with Gasteiger partial charge in [0.1, 0.15) is 16.2 Å². The highest BCUT2D eigenvalue weighted by atomic mass is 32.2. The van der Waals surface area contributed by atoms with E-state index in [0.29, 0.717) is 6.61 Å². The minimum atomic E-state index is -0.236. The van der Waals surface area contributed by atoms with Crippen molar-refractivity contribution in [2.24, 2.45) is 5.92 Å². The maximum absolute atomic E-state index is 11.6. The molecular formula is C18H19N3O2S3. The molecule has 5 nitrogen and oxygen atoms in total. The minimum absolute atomic E-state index is 0.218. The number of esters is 1. The summed E-state index contributed by atoms with van der Waals surface area (Å²) in [4.78, 5) is 27.8. The largest absolute Gasteiger partial charge is 0.466 e. The van der Waals surface area contributed by atoms with Crippen molar-refractivity contribution in [3.63, 3.8) is 0 Å². The number of carbonyl (C=O) groups is 1. The Hall–Kier alpha value is -1.51. The fourth-order valence-electron chi connectivity index (χ4n) is 3.18. The van der Waals surface area contributed by atoms with E-state index < -0.39 is 0 Å². The molecule has 8 heteroatoms. The molecule has 0 unspecified atom stereocenters. The van der Waals surface area contributed by atoms with Crippen molar-refractivity contribution in [1.29, 1.82) is 0 Å². The van der Waals surface area contributed by atoms with Crippen LogP contribution >= 0.6 is 34.4 Å². The lowest BCUT2D eigenvalue weighted by atomic mass is 9.89. The van der Waals surface area contributed by atoms with Crippen LogP contribution in [-0.4, -0.2) is 27.5 Å². The SMILES string of the molecule is CCOC(=O)Cc1csc(Sc2ncnc3sc4c(c23)CC[C@@H](C)C4)n1. The Morgan fingerprint density at radius 1 is 1.42 bits per heavy atom. The molecule has 0 aliphatic heterocycles. The Morgan fingerprint density at radius 2 is 2.31 bits per heavy atom.